The van der Waals surface area contributed by atoms with Crippen molar-refractivity contribution in [2.45, 2.75) is 44.4 Å². The average molecular weight is 480 g/mol. The van der Waals surface area contributed by atoms with Crippen LogP contribution in [-0.2, 0) is 9.59 Å². The Morgan fingerprint density at radius 3 is 2.19 bits per heavy atom. The maximum absolute atomic E-state index is 13.8. The Labute approximate surface area is 205 Å². The van der Waals surface area contributed by atoms with Gasteiger partial charge in [-0.3, -0.25) is 9.59 Å². The zero-order valence-electron chi connectivity index (χ0n) is 19.4. The maximum atomic E-state index is 13.8. The molecule has 3 heterocycles. The van der Waals surface area contributed by atoms with Crippen molar-refractivity contribution in [1.29, 1.82) is 0 Å². The van der Waals surface area contributed by atoms with Gasteiger partial charge >= 0.3 is 0 Å². The number of ketones is 2. The second-order valence-corrected chi connectivity index (χ2v) is 9.59. The van der Waals surface area contributed by atoms with Gasteiger partial charge in [0.15, 0.2) is 17.2 Å². The van der Waals surface area contributed by atoms with Crippen molar-refractivity contribution in [3.8, 4) is 0 Å². The Kier molecular flexibility index (Phi) is 4.64. The highest BCUT2D eigenvalue weighted by molar-refractivity contribution is 6.08. The van der Waals surface area contributed by atoms with Crippen LogP contribution in [0.1, 0.15) is 50.0 Å². The Balaban J connectivity index is 1.56. The van der Waals surface area contributed by atoms with Gasteiger partial charge in [-0.25, -0.2) is 4.39 Å². The molecular formula is C28H22FN5O2. The Morgan fingerprint density at radius 2 is 1.50 bits per heavy atom. The number of hydrogen-bond donors (Lipinski definition) is 0. The number of aromatic nitrogens is 4. The lowest BCUT2D eigenvalue weighted by Gasteiger charge is -2.43. The second-order valence-electron chi connectivity index (χ2n) is 9.59. The van der Waals surface area contributed by atoms with Crippen LogP contribution in [0.15, 0.2) is 77.1 Å². The number of rotatable bonds is 2. The van der Waals surface area contributed by atoms with E-state index in [0.29, 0.717) is 42.5 Å². The van der Waals surface area contributed by atoms with E-state index >= 15 is 0 Å². The maximum Gasteiger partial charge on any atom is 0.184 e. The monoisotopic (exact) mass is 479 g/mol. The molecule has 0 radical (unpaired) electrons. The lowest BCUT2D eigenvalue weighted by molar-refractivity contribution is -0.116. The van der Waals surface area contributed by atoms with Crippen molar-refractivity contribution < 1.29 is 14.0 Å². The second kappa shape index (κ2) is 7.91. The van der Waals surface area contributed by atoms with E-state index < -0.39 is 5.92 Å². The van der Waals surface area contributed by atoms with Crippen molar-refractivity contribution >= 4 is 33.8 Å². The van der Waals surface area contributed by atoms with E-state index in [1.807, 2.05) is 30.3 Å². The number of benzene rings is 2. The van der Waals surface area contributed by atoms with Crippen LogP contribution in [0.5, 0.6) is 0 Å². The Hall–Kier alpha value is -4.20. The fourth-order valence-electron chi connectivity index (χ4n) is 6.11. The summed E-state index contributed by atoms with van der Waals surface area (Å²) in [6.45, 7) is 0. The first-order valence-electron chi connectivity index (χ1n) is 12.3. The van der Waals surface area contributed by atoms with E-state index in [1.54, 1.807) is 16.6 Å². The number of halogens is 1. The Bertz CT molecular complexity index is 1610. The third kappa shape index (κ3) is 3.00. The fourth-order valence-corrected chi connectivity index (χ4v) is 6.11. The number of para-hydroxylation sites is 1. The summed E-state index contributed by atoms with van der Waals surface area (Å²) in [7, 11) is 0. The van der Waals surface area contributed by atoms with E-state index in [4.69, 9.17) is 0 Å². The first kappa shape index (κ1) is 21.1. The van der Waals surface area contributed by atoms with Gasteiger partial charge in [-0.15, -0.1) is 5.10 Å². The molecule has 0 bridgehead atoms. The molecule has 7 nitrogen and oxygen atoms in total. The fraction of sp³-hybridized carbons (Fsp3) is 0.250. The molecule has 1 aliphatic heterocycles. The number of nitrogens with zero attached hydrogens (tertiary/aromatic N) is 5. The molecule has 0 spiro atoms. The van der Waals surface area contributed by atoms with Crippen LogP contribution in [-0.4, -0.2) is 31.6 Å². The van der Waals surface area contributed by atoms with E-state index in [0.717, 1.165) is 46.4 Å². The van der Waals surface area contributed by atoms with Gasteiger partial charge in [-0.05, 0) is 72.5 Å². The van der Waals surface area contributed by atoms with Gasteiger partial charge in [0.1, 0.15) is 5.82 Å². The number of Topliss-reactive ketones (excluding diaryl/α,β-unsaturated/α-hetero) is 2. The highest BCUT2D eigenvalue weighted by Gasteiger charge is 2.44. The van der Waals surface area contributed by atoms with Gasteiger partial charge in [0, 0.05) is 57.9 Å². The first-order chi connectivity index (χ1) is 17.6. The van der Waals surface area contributed by atoms with Crippen LogP contribution in [0.2, 0.25) is 0 Å². The van der Waals surface area contributed by atoms with Crippen LogP contribution in [0, 0.1) is 5.82 Å². The summed E-state index contributed by atoms with van der Waals surface area (Å²) in [6.07, 6.45) is 3.73. The van der Waals surface area contributed by atoms with Crippen molar-refractivity contribution in [1.82, 2.24) is 20.0 Å². The molecular weight excluding hydrogens is 457 g/mol. The smallest absolute Gasteiger partial charge is 0.184 e. The summed E-state index contributed by atoms with van der Waals surface area (Å²) in [5.41, 5.74) is 6.02. The molecule has 0 N–H and O–H groups in total. The number of hydrogen-bond acceptors (Lipinski definition) is 6. The summed E-state index contributed by atoms with van der Waals surface area (Å²) in [5, 5.41) is 13.4. The van der Waals surface area contributed by atoms with E-state index in [1.165, 1.54) is 12.1 Å². The average Bonchev–Trinajstić information content (AvgIpc) is 3.39. The third-order valence-corrected chi connectivity index (χ3v) is 7.57. The summed E-state index contributed by atoms with van der Waals surface area (Å²) < 4.78 is 15.5. The standard InChI is InChI=1S/C28H22FN5O2/c29-17-11-13-18(14-12-17)33-21-7-3-9-23(35)26(21)25(27-22(33)8-4-10-24(27)36)19-15-16-5-1-2-6-20(16)34-28(19)30-31-32-34/h1-2,5-6,11-15,25H,3-4,7-10H2. The van der Waals surface area contributed by atoms with Gasteiger partial charge in [-0.2, -0.15) is 4.52 Å². The van der Waals surface area contributed by atoms with Gasteiger partial charge < -0.3 is 4.90 Å². The summed E-state index contributed by atoms with van der Waals surface area (Å²) in [6, 6.07) is 16.1. The number of carbonyl (C=O) groups excluding carboxylic acids is 2. The molecule has 0 saturated heterocycles. The number of carbonyl (C=O) groups is 2. The van der Waals surface area contributed by atoms with Crippen molar-refractivity contribution in [3.05, 3.63) is 88.5 Å². The number of allylic oxidation sites excluding steroid dienone is 4. The van der Waals surface area contributed by atoms with Gasteiger partial charge in [0.05, 0.1) is 5.52 Å². The quantitative estimate of drug-likeness (QED) is 0.401. The largest absolute Gasteiger partial charge is 0.317 e. The first-order valence-corrected chi connectivity index (χ1v) is 12.3. The van der Waals surface area contributed by atoms with Crippen LogP contribution >= 0.6 is 0 Å². The molecule has 2 aromatic heterocycles. The van der Waals surface area contributed by atoms with Crippen LogP contribution in [0.4, 0.5) is 10.1 Å². The Morgan fingerprint density at radius 1 is 0.833 bits per heavy atom. The summed E-state index contributed by atoms with van der Waals surface area (Å²) in [4.78, 5) is 29.3. The van der Waals surface area contributed by atoms with Crippen LogP contribution < -0.4 is 4.90 Å². The molecule has 0 atom stereocenters. The summed E-state index contributed by atoms with van der Waals surface area (Å²) >= 11 is 0. The molecule has 2 aliphatic carbocycles. The number of tetrazole rings is 1. The van der Waals surface area contributed by atoms with Gasteiger partial charge in [0.25, 0.3) is 0 Å². The van der Waals surface area contributed by atoms with Gasteiger partial charge in [-0.1, -0.05) is 18.2 Å². The molecule has 0 saturated carbocycles. The minimum atomic E-state index is -0.537. The lowest BCUT2D eigenvalue weighted by Crippen LogP contribution is -2.39. The van der Waals surface area contributed by atoms with E-state index in [-0.39, 0.29) is 17.4 Å². The molecule has 8 heteroatoms. The SMILES string of the molecule is O=C1CCCC2=C1C(c1cc3ccccc3n3nnnc13)C1=C(CCCC1=O)N2c1ccc(F)cc1. The zero-order valence-corrected chi connectivity index (χ0v) is 19.4. The van der Waals surface area contributed by atoms with Gasteiger partial charge in [0.2, 0.25) is 0 Å². The minimum absolute atomic E-state index is 0.0390. The van der Waals surface area contributed by atoms with E-state index in [2.05, 4.69) is 20.4 Å². The van der Waals surface area contributed by atoms with Crippen molar-refractivity contribution in [2.24, 2.45) is 0 Å². The lowest BCUT2D eigenvalue weighted by atomic mass is 9.71. The number of pyridine rings is 1. The topological polar surface area (TPSA) is 80.5 Å². The predicted octanol–water partition coefficient (Wildman–Crippen LogP) is 5.03. The number of anilines is 1. The molecule has 2 aromatic carbocycles. The molecule has 0 unspecified atom stereocenters. The molecule has 178 valence electrons. The molecule has 4 aromatic rings. The third-order valence-electron chi connectivity index (χ3n) is 7.57. The molecule has 0 amide bonds. The normalized spacial score (nSPS) is 18.9. The molecule has 7 rings (SSSR count). The molecule has 36 heavy (non-hydrogen) atoms. The number of fused-ring (bicyclic) bond motifs is 3. The van der Waals surface area contributed by atoms with Crippen molar-refractivity contribution in [3.63, 3.8) is 0 Å². The predicted molar refractivity (Wildman–Crippen MR) is 132 cm³/mol. The van der Waals surface area contributed by atoms with E-state index in [9.17, 15) is 14.0 Å². The highest BCUT2D eigenvalue weighted by Crippen LogP contribution is 2.51. The van der Waals surface area contributed by atoms with Crippen LogP contribution in [0.3, 0.4) is 0 Å². The molecule has 0 fully saturated rings. The summed E-state index contributed by atoms with van der Waals surface area (Å²) in [5.74, 6) is -0.783. The van der Waals surface area contributed by atoms with Crippen molar-refractivity contribution in [2.75, 3.05) is 4.90 Å². The highest BCUT2D eigenvalue weighted by atomic mass is 19.1. The van der Waals surface area contributed by atoms with Crippen LogP contribution in [0.25, 0.3) is 16.6 Å². The zero-order chi connectivity index (χ0) is 24.4. The molecule has 3 aliphatic rings. The minimum Gasteiger partial charge on any atom is -0.317 e.